The number of hydrogen-bond donors (Lipinski definition) is 2. The number of aromatic carboxylic acids is 1. The number of sulfone groups is 1. The fourth-order valence-electron chi connectivity index (χ4n) is 4.16. The lowest BCUT2D eigenvalue weighted by Crippen LogP contribution is -2.23. The van der Waals surface area contributed by atoms with E-state index in [-0.39, 0.29) is 33.0 Å². The molecule has 0 radical (unpaired) electrons. The zero-order valence-electron chi connectivity index (χ0n) is 16.6. The van der Waals surface area contributed by atoms with Crippen LogP contribution in [0.5, 0.6) is 5.75 Å². The Morgan fingerprint density at radius 2 is 2.03 bits per heavy atom. The summed E-state index contributed by atoms with van der Waals surface area (Å²) in [6, 6.07) is 4.80. The second kappa shape index (κ2) is 6.91. The van der Waals surface area contributed by atoms with Crippen molar-refractivity contribution in [2.45, 2.75) is 35.6 Å². The Bertz CT molecular complexity index is 1420. The Morgan fingerprint density at radius 1 is 1.29 bits per heavy atom. The summed E-state index contributed by atoms with van der Waals surface area (Å²) in [5.41, 5.74) is 7.09. The molecule has 162 valence electrons. The number of methoxy groups -OCH3 is 1. The monoisotopic (exact) mass is 460 g/mol. The molecule has 3 aromatic rings. The zero-order valence-corrected chi connectivity index (χ0v) is 18.3. The van der Waals surface area contributed by atoms with Gasteiger partial charge in [0, 0.05) is 28.7 Å². The number of carbonyl (C=O) groups is 1. The van der Waals surface area contributed by atoms with Gasteiger partial charge in [0.15, 0.2) is 15.6 Å². The van der Waals surface area contributed by atoms with Gasteiger partial charge in [-0.3, -0.25) is 4.79 Å². The van der Waals surface area contributed by atoms with Crippen molar-refractivity contribution in [1.82, 2.24) is 4.57 Å². The highest BCUT2D eigenvalue weighted by Crippen LogP contribution is 2.47. The largest absolute Gasteiger partial charge is 0.494 e. The van der Waals surface area contributed by atoms with Crippen LogP contribution in [0.15, 0.2) is 33.4 Å². The first kappa shape index (κ1) is 20.2. The first-order chi connectivity index (χ1) is 14.7. The standard InChI is InChI=1S/C21H20N2O6S2/c1-29-19-11(16-8-13-15(22)6-7-31(27,28)21(13)30-16)4-5-12-17(19)23(10-2-3-10)9-14(18(12)24)20(25)26/h4-5,8-10,15H,2-3,6-7,22H2,1H3,(H,25,26). The molecule has 8 nitrogen and oxygen atoms in total. The fraction of sp³-hybridized carbons (Fsp3) is 0.333. The first-order valence-corrected chi connectivity index (χ1v) is 12.3. The summed E-state index contributed by atoms with van der Waals surface area (Å²) in [7, 11) is -1.89. The summed E-state index contributed by atoms with van der Waals surface area (Å²) >= 11 is 1.15. The van der Waals surface area contributed by atoms with Crippen LogP contribution in [0.4, 0.5) is 0 Å². The molecule has 0 amide bonds. The second-order valence-corrected chi connectivity index (χ2v) is 11.3. The minimum Gasteiger partial charge on any atom is -0.494 e. The summed E-state index contributed by atoms with van der Waals surface area (Å²) < 4.78 is 32.9. The van der Waals surface area contributed by atoms with Crippen LogP contribution in [0, 0.1) is 0 Å². The van der Waals surface area contributed by atoms with Crippen LogP contribution in [0.1, 0.15) is 47.3 Å². The van der Waals surface area contributed by atoms with E-state index in [4.69, 9.17) is 10.5 Å². The van der Waals surface area contributed by atoms with Crippen LogP contribution >= 0.6 is 11.3 Å². The molecule has 5 rings (SSSR count). The normalized spacial score (nSPS) is 19.9. The van der Waals surface area contributed by atoms with E-state index in [1.807, 2.05) is 0 Å². The van der Waals surface area contributed by atoms with Gasteiger partial charge in [-0.2, -0.15) is 0 Å². The Balaban J connectivity index is 1.81. The third-order valence-electron chi connectivity index (χ3n) is 5.89. The molecule has 3 heterocycles. The van der Waals surface area contributed by atoms with Crippen molar-refractivity contribution in [1.29, 1.82) is 0 Å². The number of fused-ring (bicyclic) bond motifs is 2. The summed E-state index contributed by atoms with van der Waals surface area (Å²) in [4.78, 5) is 25.1. The van der Waals surface area contributed by atoms with E-state index in [0.29, 0.717) is 33.7 Å². The molecule has 0 bridgehead atoms. The molecule has 1 aliphatic carbocycles. The van der Waals surface area contributed by atoms with Gasteiger partial charge in [0.1, 0.15) is 9.77 Å². The molecule has 1 aliphatic heterocycles. The Kier molecular flexibility index (Phi) is 4.51. The van der Waals surface area contributed by atoms with Crippen molar-refractivity contribution in [3.8, 4) is 16.2 Å². The summed E-state index contributed by atoms with van der Waals surface area (Å²) in [6.07, 6.45) is 3.52. The van der Waals surface area contributed by atoms with E-state index in [2.05, 4.69) is 0 Å². The third kappa shape index (κ3) is 3.08. The number of rotatable bonds is 4. The van der Waals surface area contributed by atoms with Crippen molar-refractivity contribution in [2.24, 2.45) is 5.73 Å². The molecular formula is C21H20N2O6S2. The van der Waals surface area contributed by atoms with Crippen molar-refractivity contribution >= 4 is 38.0 Å². The molecule has 2 aromatic heterocycles. The molecule has 3 N–H and O–H groups in total. The minimum atomic E-state index is -3.38. The molecule has 1 fully saturated rings. The average Bonchev–Trinajstić information content (AvgIpc) is 3.47. The van der Waals surface area contributed by atoms with Crippen LogP contribution in [0.25, 0.3) is 21.3 Å². The van der Waals surface area contributed by atoms with E-state index in [0.717, 1.165) is 24.2 Å². The van der Waals surface area contributed by atoms with Gasteiger partial charge in [-0.1, -0.05) is 0 Å². The van der Waals surface area contributed by atoms with Crippen molar-refractivity contribution < 1.29 is 23.1 Å². The average molecular weight is 461 g/mol. The van der Waals surface area contributed by atoms with E-state index in [1.54, 1.807) is 22.8 Å². The van der Waals surface area contributed by atoms with Crippen molar-refractivity contribution in [3.05, 3.63) is 45.7 Å². The summed E-state index contributed by atoms with van der Waals surface area (Å²) in [6.45, 7) is 0. The van der Waals surface area contributed by atoms with E-state index in [9.17, 15) is 23.1 Å². The van der Waals surface area contributed by atoms with E-state index >= 15 is 0 Å². The molecule has 1 aromatic carbocycles. The maximum absolute atomic E-state index is 12.8. The molecule has 1 atom stereocenters. The number of thiophene rings is 1. The van der Waals surface area contributed by atoms with Gasteiger partial charge in [0.25, 0.3) is 0 Å². The van der Waals surface area contributed by atoms with Crippen LogP contribution in [-0.2, 0) is 9.84 Å². The van der Waals surface area contributed by atoms with Gasteiger partial charge < -0.3 is 20.1 Å². The van der Waals surface area contributed by atoms with E-state index < -0.39 is 21.2 Å². The Hall–Kier alpha value is -2.69. The molecule has 0 spiro atoms. The number of ether oxygens (including phenoxy) is 1. The van der Waals surface area contributed by atoms with Gasteiger partial charge >= 0.3 is 5.97 Å². The van der Waals surface area contributed by atoms with Crippen LogP contribution < -0.4 is 15.9 Å². The van der Waals surface area contributed by atoms with Crippen molar-refractivity contribution in [2.75, 3.05) is 12.9 Å². The number of nitrogens with zero attached hydrogens (tertiary/aromatic N) is 1. The number of carboxylic acids is 1. The highest BCUT2D eigenvalue weighted by molar-refractivity contribution is 7.93. The predicted molar refractivity (Wildman–Crippen MR) is 117 cm³/mol. The smallest absolute Gasteiger partial charge is 0.341 e. The maximum atomic E-state index is 12.8. The quantitative estimate of drug-likeness (QED) is 0.612. The number of pyridine rings is 1. The predicted octanol–water partition coefficient (Wildman–Crippen LogP) is 2.95. The number of carboxylic acid groups (broad SMARTS) is 1. The van der Waals surface area contributed by atoms with Gasteiger partial charge in [-0.15, -0.1) is 11.3 Å². The van der Waals surface area contributed by atoms with Crippen molar-refractivity contribution in [3.63, 3.8) is 0 Å². The maximum Gasteiger partial charge on any atom is 0.341 e. The second-order valence-electron chi connectivity index (χ2n) is 7.93. The lowest BCUT2D eigenvalue weighted by molar-refractivity contribution is 0.0695. The number of benzene rings is 1. The summed E-state index contributed by atoms with van der Waals surface area (Å²) in [5.74, 6) is -0.827. The van der Waals surface area contributed by atoms with Crippen LogP contribution in [0.2, 0.25) is 0 Å². The Morgan fingerprint density at radius 3 is 2.65 bits per heavy atom. The highest BCUT2D eigenvalue weighted by atomic mass is 32.2. The first-order valence-electron chi connectivity index (χ1n) is 9.84. The minimum absolute atomic E-state index is 0.0230. The molecule has 10 heteroatoms. The van der Waals surface area contributed by atoms with Gasteiger partial charge in [0.2, 0.25) is 5.43 Å². The van der Waals surface area contributed by atoms with Gasteiger partial charge in [-0.05, 0) is 43.0 Å². The third-order valence-corrected chi connectivity index (χ3v) is 9.46. The lowest BCUT2D eigenvalue weighted by Gasteiger charge is -2.17. The zero-order chi connectivity index (χ0) is 22.1. The lowest BCUT2D eigenvalue weighted by atomic mass is 10.0. The fourth-order valence-corrected chi connectivity index (χ4v) is 7.50. The van der Waals surface area contributed by atoms with Gasteiger partial charge in [0.05, 0.1) is 23.8 Å². The van der Waals surface area contributed by atoms with E-state index in [1.165, 1.54) is 13.3 Å². The Labute approximate surface area is 181 Å². The number of nitrogens with two attached hydrogens (primary N) is 1. The van der Waals surface area contributed by atoms with Crippen LogP contribution in [0.3, 0.4) is 0 Å². The van der Waals surface area contributed by atoms with Gasteiger partial charge in [-0.25, -0.2) is 13.2 Å². The molecule has 1 unspecified atom stereocenters. The molecule has 2 aliphatic rings. The van der Waals surface area contributed by atoms with Crippen LogP contribution in [-0.4, -0.2) is 36.9 Å². The SMILES string of the molecule is COc1c(-c2cc3c(s2)S(=O)(=O)CCC3N)ccc2c(=O)c(C(=O)O)cn(C3CC3)c12. The molecule has 0 saturated heterocycles. The topological polar surface area (TPSA) is 129 Å². The summed E-state index contributed by atoms with van der Waals surface area (Å²) in [5, 5.41) is 9.73. The number of hydrogen-bond acceptors (Lipinski definition) is 7. The number of aromatic nitrogens is 1. The molecular weight excluding hydrogens is 440 g/mol. The molecule has 1 saturated carbocycles. The highest BCUT2D eigenvalue weighted by Gasteiger charge is 2.33. The molecule has 31 heavy (non-hydrogen) atoms.